The maximum atomic E-state index is 11.8. The quantitative estimate of drug-likeness (QED) is 0.704. The number of halogens is 1. The van der Waals surface area contributed by atoms with E-state index in [0.717, 1.165) is 0 Å². The first-order valence-corrected chi connectivity index (χ1v) is 5.70. The van der Waals surface area contributed by atoms with E-state index in [9.17, 15) is 9.59 Å². The number of hydrogen-bond donors (Lipinski definition) is 3. The van der Waals surface area contributed by atoms with Crippen LogP contribution in [0.15, 0.2) is 12.3 Å². The first-order chi connectivity index (χ1) is 8.40. The van der Waals surface area contributed by atoms with Gasteiger partial charge in [0, 0.05) is 12.2 Å². The molecule has 0 aromatic carbocycles. The topological polar surface area (TPSA) is 91.3 Å². The number of amides is 1. The second-order valence-electron chi connectivity index (χ2n) is 3.93. The van der Waals surface area contributed by atoms with Gasteiger partial charge in [-0.1, -0.05) is 11.6 Å². The van der Waals surface area contributed by atoms with Crippen LogP contribution in [0.5, 0.6) is 0 Å². The van der Waals surface area contributed by atoms with E-state index < -0.39 is 18.4 Å². The third-order valence-corrected chi connectivity index (χ3v) is 2.17. The summed E-state index contributed by atoms with van der Waals surface area (Å²) in [6, 6.07) is 1.63. The van der Waals surface area contributed by atoms with E-state index in [4.69, 9.17) is 16.7 Å². The average molecular weight is 272 g/mol. The summed E-state index contributed by atoms with van der Waals surface area (Å²) in [7, 11) is 0. The van der Waals surface area contributed by atoms with Crippen LogP contribution in [0.2, 0.25) is 5.15 Å². The van der Waals surface area contributed by atoms with Crippen LogP contribution < -0.4 is 10.6 Å². The van der Waals surface area contributed by atoms with Gasteiger partial charge in [-0.15, -0.1) is 0 Å². The van der Waals surface area contributed by atoms with Crippen LogP contribution in [-0.2, 0) is 4.79 Å². The van der Waals surface area contributed by atoms with Crippen molar-refractivity contribution in [1.29, 1.82) is 0 Å². The molecule has 98 valence electrons. The fraction of sp³-hybridized carbons (Fsp3) is 0.364. The molecule has 3 N–H and O–H groups in total. The Hall–Kier alpha value is -1.82. The fourth-order valence-electron chi connectivity index (χ4n) is 1.29. The predicted molar refractivity (Wildman–Crippen MR) is 68.0 cm³/mol. The third-order valence-electron chi connectivity index (χ3n) is 1.96. The Balaban J connectivity index is 2.92. The molecule has 0 spiro atoms. The van der Waals surface area contributed by atoms with Gasteiger partial charge in [-0.05, 0) is 19.9 Å². The molecule has 0 radical (unpaired) electrons. The molecule has 0 saturated heterocycles. The van der Waals surface area contributed by atoms with Gasteiger partial charge in [-0.3, -0.25) is 9.59 Å². The molecule has 0 aliphatic carbocycles. The Labute approximate surface area is 109 Å². The van der Waals surface area contributed by atoms with Crippen molar-refractivity contribution in [2.45, 2.75) is 19.9 Å². The number of nitrogens with one attached hydrogen (secondary N) is 2. The summed E-state index contributed by atoms with van der Waals surface area (Å²) in [6.07, 6.45) is 1.31. The van der Waals surface area contributed by atoms with Crippen molar-refractivity contribution < 1.29 is 14.7 Å². The monoisotopic (exact) mass is 271 g/mol. The molecular weight excluding hydrogens is 258 g/mol. The van der Waals surface area contributed by atoms with Crippen molar-refractivity contribution in [2.24, 2.45) is 0 Å². The van der Waals surface area contributed by atoms with E-state index in [1.54, 1.807) is 0 Å². The molecule has 1 rings (SSSR count). The van der Waals surface area contributed by atoms with Crippen molar-refractivity contribution in [2.75, 3.05) is 11.9 Å². The van der Waals surface area contributed by atoms with E-state index in [0.29, 0.717) is 5.69 Å². The molecule has 1 aromatic heterocycles. The van der Waals surface area contributed by atoms with E-state index in [2.05, 4.69) is 15.6 Å². The molecule has 0 unspecified atom stereocenters. The highest BCUT2D eigenvalue weighted by molar-refractivity contribution is 6.29. The van der Waals surface area contributed by atoms with E-state index >= 15 is 0 Å². The lowest BCUT2D eigenvalue weighted by Crippen LogP contribution is -2.30. The van der Waals surface area contributed by atoms with Gasteiger partial charge in [-0.25, -0.2) is 4.98 Å². The zero-order chi connectivity index (χ0) is 13.7. The summed E-state index contributed by atoms with van der Waals surface area (Å²) in [4.78, 5) is 26.0. The van der Waals surface area contributed by atoms with Gasteiger partial charge in [0.05, 0.1) is 11.3 Å². The summed E-state index contributed by atoms with van der Waals surface area (Å²) < 4.78 is 0. The maximum absolute atomic E-state index is 11.8. The van der Waals surface area contributed by atoms with Gasteiger partial charge in [0.2, 0.25) is 0 Å². The number of anilines is 1. The van der Waals surface area contributed by atoms with Gasteiger partial charge >= 0.3 is 5.97 Å². The van der Waals surface area contributed by atoms with Crippen molar-refractivity contribution in [3.05, 3.63) is 23.0 Å². The minimum Gasteiger partial charge on any atom is -0.480 e. The number of carboxylic acids is 1. The number of aliphatic carboxylic acids is 1. The van der Waals surface area contributed by atoms with Crippen LogP contribution in [0, 0.1) is 0 Å². The number of hydrogen-bond acceptors (Lipinski definition) is 4. The lowest BCUT2D eigenvalue weighted by molar-refractivity contribution is -0.135. The zero-order valence-corrected chi connectivity index (χ0v) is 10.8. The second-order valence-corrected chi connectivity index (χ2v) is 4.32. The van der Waals surface area contributed by atoms with E-state index in [1.807, 2.05) is 13.8 Å². The van der Waals surface area contributed by atoms with Gasteiger partial charge in [0.25, 0.3) is 5.91 Å². The van der Waals surface area contributed by atoms with Gasteiger partial charge < -0.3 is 15.7 Å². The lowest BCUT2D eigenvalue weighted by atomic mass is 10.2. The minimum atomic E-state index is -1.11. The van der Waals surface area contributed by atoms with Crippen molar-refractivity contribution in [3.63, 3.8) is 0 Å². The zero-order valence-electron chi connectivity index (χ0n) is 10.0. The smallest absolute Gasteiger partial charge is 0.322 e. The number of carbonyl (C=O) groups is 2. The summed E-state index contributed by atoms with van der Waals surface area (Å²) in [5.41, 5.74) is 0.780. The molecule has 1 amide bonds. The Morgan fingerprint density at radius 2 is 2.17 bits per heavy atom. The van der Waals surface area contributed by atoms with Crippen molar-refractivity contribution in [1.82, 2.24) is 10.3 Å². The molecule has 18 heavy (non-hydrogen) atoms. The second kappa shape index (κ2) is 6.20. The van der Waals surface area contributed by atoms with Crippen molar-refractivity contribution in [3.8, 4) is 0 Å². The maximum Gasteiger partial charge on any atom is 0.322 e. The molecule has 0 aliphatic rings. The van der Waals surface area contributed by atoms with Crippen LogP contribution in [0.3, 0.4) is 0 Å². The molecule has 6 nitrogen and oxygen atoms in total. The standard InChI is InChI=1S/C11H14ClN3O3/c1-6(2)15-8-3-9(12)13-4-7(8)11(18)14-5-10(16)17/h3-4,6H,5H2,1-2H3,(H,13,15)(H,14,18)(H,16,17). The molecule has 1 aromatic rings. The summed E-state index contributed by atoms with van der Waals surface area (Å²) >= 11 is 5.76. The van der Waals surface area contributed by atoms with Crippen molar-refractivity contribution >= 4 is 29.2 Å². The molecule has 7 heteroatoms. The summed E-state index contributed by atoms with van der Waals surface area (Å²) in [6.45, 7) is 3.38. The number of pyridine rings is 1. The van der Waals surface area contributed by atoms with Crippen LogP contribution >= 0.6 is 11.6 Å². The Morgan fingerprint density at radius 1 is 1.50 bits per heavy atom. The molecule has 0 aliphatic heterocycles. The third kappa shape index (κ3) is 4.21. The number of carbonyl (C=O) groups excluding carboxylic acids is 1. The molecular formula is C11H14ClN3O3. The number of aromatic nitrogens is 1. The minimum absolute atomic E-state index is 0.106. The van der Waals surface area contributed by atoms with Crippen LogP contribution in [0.25, 0.3) is 0 Å². The van der Waals surface area contributed by atoms with Gasteiger partial charge in [0.1, 0.15) is 11.7 Å². The first-order valence-electron chi connectivity index (χ1n) is 5.32. The molecule has 0 bridgehead atoms. The molecule has 0 saturated carbocycles. The molecule has 1 heterocycles. The van der Waals surface area contributed by atoms with Crippen LogP contribution in [0.1, 0.15) is 24.2 Å². The number of carboxylic acid groups (broad SMARTS) is 1. The first kappa shape index (κ1) is 14.2. The summed E-state index contributed by atoms with van der Waals surface area (Å²) in [5.74, 6) is -1.62. The van der Waals surface area contributed by atoms with Crippen LogP contribution in [0.4, 0.5) is 5.69 Å². The number of nitrogens with zero attached hydrogens (tertiary/aromatic N) is 1. The Bertz CT molecular complexity index is 463. The normalized spacial score (nSPS) is 10.2. The lowest BCUT2D eigenvalue weighted by Gasteiger charge is -2.14. The largest absolute Gasteiger partial charge is 0.480 e. The van der Waals surface area contributed by atoms with E-state index in [1.165, 1.54) is 12.3 Å². The highest BCUT2D eigenvalue weighted by atomic mass is 35.5. The molecule has 0 fully saturated rings. The summed E-state index contributed by atoms with van der Waals surface area (Å²) in [5, 5.41) is 14.1. The fourth-order valence-corrected chi connectivity index (χ4v) is 1.45. The highest BCUT2D eigenvalue weighted by Crippen LogP contribution is 2.19. The number of rotatable bonds is 5. The van der Waals surface area contributed by atoms with E-state index in [-0.39, 0.29) is 16.8 Å². The van der Waals surface area contributed by atoms with Gasteiger partial charge in [0.15, 0.2) is 0 Å². The highest BCUT2D eigenvalue weighted by Gasteiger charge is 2.14. The average Bonchev–Trinajstić information content (AvgIpc) is 2.25. The van der Waals surface area contributed by atoms with Crippen LogP contribution in [-0.4, -0.2) is 34.6 Å². The molecule has 0 atom stereocenters. The predicted octanol–water partition coefficient (Wildman–Crippen LogP) is 1.37. The Morgan fingerprint density at radius 3 is 2.72 bits per heavy atom. The van der Waals surface area contributed by atoms with Gasteiger partial charge in [-0.2, -0.15) is 0 Å². The SMILES string of the molecule is CC(C)Nc1cc(Cl)ncc1C(=O)NCC(=O)O. The Kier molecular flexibility index (Phi) is 4.91.